The molecular weight excluding hydrogens is 638 g/mol. The van der Waals surface area contributed by atoms with Gasteiger partial charge in [0.1, 0.15) is 23.1 Å². The van der Waals surface area contributed by atoms with Crippen LogP contribution < -0.4 is 25.2 Å². The van der Waals surface area contributed by atoms with Gasteiger partial charge >= 0.3 is 6.09 Å². The number of piperidine rings is 1. The first-order chi connectivity index (χ1) is 23.8. The molecular formula is C37H53N7O6. The zero-order valence-electron chi connectivity index (χ0n) is 30.4. The number of fused-ring (bicyclic) bond motifs is 1. The molecule has 6 rings (SSSR count). The zero-order chi connectivity index (χ0) is 35.8. The fourth-order valence-corrected chi connectivity index (χ4v) is 8.58. The van der Waals surface area contributed by atoms with Crippen LogP contribution in [0.5, 0.6) is 5.75 Å². The Bertz CT molecular complexity index is 1590. The molecule has 3 amide bonds. The van der Waals surface area contributed by atoms with Crippen molar-refractivity contribution in [2.45, 2.75) is 115 Å². The summed E-state index contributed by atoms with van der Waals surface area (Å²) >= 11 is 0. The van der Waals surface area contributed by atoms with E-state index in [1.54, 1.807) is 48.4 Å². The Hall–Kier alpha value is -4.13. The number of anilines is 4. The average Bonchev–Trinajstić information content (AvgIpc) is 3.60. The van der Waals surface area contributed by atoms with Crippen LogP contribution in [0.15, 0.2) is 24.4 Å². The standard InChI is InChI=1S/C37H53N7O6/c1-7-27-32(47)42(5)28-21-38-33(40-30(28)44(27)25-10-8-9-11-25)39-26-13-12-24(20-29(26)49-6)31(46)41-37(16-19-45)22-36(23-37)14-17-43(18-15-36)34(48)50-35(2,3)4/h12-13,20-21,25,27,45H,7-11,14-19,22-23H2,1-6H3,(H,41,46)(H,38,39,40)/t27-/m1/s1. The molecule has 1 atom stereocenters. The van der Waals surface area contributed by atoms with Gasteiger partial charge in [0.2, 0.25) is 11.9 Å². The van der Waals surface area contributed by atoms with E-state index in [1.165, 1.54) is 0 Å². The maximum absolute atomic E-state index is 13.6. The van der Waals surface area contributed by atoms with Gasteiger partial charge < -0.3 is 39.9 Å². The molecule has 2 aliphatic carbocycles. The van der Waals surface area contributed by atoms with Gasteiger partial charge in [0.15, 0.2) is 5.82 Å². The molecule has 2 saturated carbocycles. The molecule has 4 aliphatic rings. The largest absolute Gasteiger partial charge is 0.495 e. The van der Waals surface area contributed by atoms with E-state index < -0.39 is 11.1 Å². The van der Waals surface area contributed by atoms with Crippen molar-refractivity contribution in [3.05, 3.63) is 30.0 Å². The number of carbonyl (C=O) groups is 3. The lowest BCUT2D eigenvalue weighted by Crippen LogP contribution is -2.64. The summed E-state index contributed by atoms with van der Waals surface area (Å²) in [6.07, 6.45) is 10.1. The molecule has 272 valence electrons. The number of ether oxygens (including phenoxy) is 2. The van der Waals surface area contributed by atoms with Gasteiger partial charge in [0.05, 0.1) is 19.0 Å². The number of nitrogens with one attached hydrogen (secondary N) is 2. The van der Waals surface area contributed by atoms with E-state index in [9.17, 15) is 19.5 Å². The molecule has 2 aliphatic heterocycles. The maximum atomic E-state index is 13.6. The second kappa shape index (κ2) is 13.9. The quantitative estimate of drug-likeness (QED) is 0.312. The van der Waals surface area contributed by atoms with Crippen molar-refractivity contribution < 1.29 is 29.0 Å². The van der Waals surface area contributed by atoms with Crippen LogP contribution in [0.2, 0.25) is 0 Å². The lowest BCUT2D eigenvalue weighted by atomic mass is 9.52. The Morgan fingerprint density at radius 3 is 2.44 bits per heavy atom. The van der Waals surface area contributed by atoms with E-state index in [2.05, 4.69) is 20.5 Å². The van der Waals surface area contributed by atoms with Crippen molar-refractivity contribution in [1.82, 2.24) is 20.2 Å². The molecule has 50 heavy (non-hydrogen) atoms. The van der Waals surface area contributed by atoms with Crippen LogP contribution >= 0.6 is 0 Å². The summed E-state index contributed by atoms with van der Waals surface area (Å²) in [5.74, 6) is 1.41. The summed E-state index contributed by atoms with van der Waals surface area (Å²) in [7, 11) is 3.33. The van der Waals surface area contributed by atoms with Gasteiger partial charge in [-0.05, 0) is 95.8 Å². The molecule has 0 bridgehead atoms. The van der Waals surface area contributed by atoms with Crippen LogP contribution in [-0.2, 0) is 9.53 Å². The van der Waals surface area contributed by atoms with Crippen molar-refractivity contribution in [2.24, 2.45) is 5.41 Å². The molecule has 13 heteroatoms. The Morgan fingerprint density at radius 1 is 1.12 bits per heavy atom. The van der Waals surface area contributed by atoms with Gasteiger partial charge in [-0.2, -0.15) is 4.98 Å². The van der Waals surface area contributed by atoms with E-state index in [0.29, 0.717) is 54.6 Å². The fraction of sp³-hybridized carbons (Fsp3) is 0.649. The predicted molar refractivity (Wildman–Crippen MR) is 191 cm³/mol. The zero-order valence-corrected chi connectivity index (χ0v) is 30.4. The number of likely N-dealkylation sites (tertiary alicyclic amines) is 1. The van der Waals surface area contributed by atoms with Gasteiger partial charge in [-0.15, -0.1) is 0 Å². The minimum Gasteiger partial charge on any atom is -0.495 e. The van der Waals surface area contributed by atoms with Crippen LogP contribution in [0.25, 0.3) is 0 Å². The average molecular weight is 692 g/mol. The monoisotopic (exact) mass is 691 g/mol. The third kappa shape index (κ3) is 7.06. The van der Waals surface area contributed by atoms with Crippen LogP contribution in [0.1, 0.15) is 102 Å². The van der Waals surface area contributed by atoms with E-state index in [-0.39, 0.29) is 42.0 Å². The number of amides is 3. The van der Waals surface area contributed by atoms with Gasteiger partial charge in [-0.3, -0.25) is 9.59 Å². The first-order valence-electron chi connectivity index (χ1n) is 18.1. The molecule has 1 aromatic heterocycles. The molecule has 2 aromatic rings. The lowest BCUT2D eigenvalue weighted by Gasteiger charge is -2.59. The fourth-order valence-electron chi connectivity index (χ4n) is 8.58. The second-order valence-electron chi connectivity index (χ2n) is 15.6. The first-order valence-corrected chi connectivity index (χ1v) is 18.1. The molecule has 1 saturated heterocycles. The number of likely N-dealkylation sites (N-methyl/N-ethyl adjacent to an activating group) is 1. The van der Waals surface area contributed by atoms with Crippen molar-refractivity contribution in [1.29, 1.82) is 0 Å². The Labute approximate surface area is 295 Å². The number of methoxy groups -OCH3 is 1. The number of nitrogens with zero attached hydrogens (tertiary/aromatic N) is 5. The van der Waals surface area contributed by atoms with Crippen LogP contribution in [-0.4, -0.2) is 95.0 Å². The van der Waals surface area contributed by atoms with Crippen LogP contribution in [0, 0.1) is 5.41 Å². The maximum Gasteiger partial charge on any atom is 0.410 e. The van der Waals surface area contributed by atoms with Crippen LogP contribution in [0.3, 0.4) is 0 Å². The Morgan fingerprint density at radius 2 is 1.82 bits per heavy atom. The van der Waals surface area contributed by atoms with Crippen molar-refractivity contribution >= 4 is 41.0 Å². The highest BCUT2D eigenvalue weighted by molar-refractivity contribution is 6.04. The molecule has 1 spiro atoms. The number of aliphatic hydroxyl groups is 1. The van der Waals surface area contributed by atoms with E-state index in [0.717, 1.165) is 57.2 Å². The molecule has 1 aromatic carbocycles. The first kappa shape index (κ1) is 35.7. The van der Waals surface area contributed by atoms with Gasteiger partial charge in [-0.1, -0.05) is 19.8 Å². The third-order valence-electron chi connectivity index (χ3n) is 11.0. The number of benzene rings is 1. The highest BCUT2D eigenvalue weighted by Crippen LogP contribution is 2.56. The smallest absolute Gasteiger partial charge is 0.410 e. The molecule has 0 radical (unpaired) electrons. The number of rotatable bonds is 9. The number of hydrogen-bond donors (Lipinski definition) is 3. The highest BCUT2D eigenvalue weighted by atomic mass is 16.6. The molecule has 3 fully saturated rings. The summed E-state index contributed by atoms with van der Waals surface area (Å²) in [6.45, 7) is 8.84. The van der Waals surface area contributed by atoms with Crippen molar-refractivity contribution in [3.8, 4) is 5.75 Å². The minimum atomic E-state index is -0.538. The predicted octanol–water partition coefficient (Wildman–Crippen LogP) is 5.39. The minimum absolute atomic E-state index is 0.0217. The van der Waals surface area contributed by atoms with E-state index >= 15 is 0 Å². The van der Waals surface area contributed by atoms with Crippen LogP contribution in [0.4, 0.5) is 27.9 Å². The third-order valence-corrected chi connectivity index (χ3v) is 11.0. The lowest BCUT2D eigenvalue weighted by molar-refractivity contribution is -0.120. The normalized spacial score (nSPS) is 21.5. The van der Waals surface area contributed by atoms with E-state index in [1.807, 2.05) is 27.7 Å². The number of hydrogen-bond acceptors (Lipinski definition) is 10. The Balaban J connectivity index is 1.14. The van der Waals surface area contributed by atoms with Crippen molar-refractivity contribution in [2.75, 3.05) is 49.0 Å². The Kier molecular flexibility index (Phi) is 9.91. The summed E-state index contributed by atoms with van der Waals surface area (Å²) in [5, 5.41) is 16.5. The summed E-state index contributed by atoms with van der Waals surface area (Å²) in [4.78, 5) is 54.6. The topological polar surface area (TPSA) is 149 Å². The molecule has 0 unspecified atom stereocenters. The second-order valence-corrected chi connectivity index (χ2v) is 15.6. The molecule has 3 heterocycles. The highest BCUT2D eigenvalue weighted by Gasteiger charge is 2.56. The molecule has 13 nitrogen and oxygen atoms in total. The summed E-state index contributed by atoms with van der Waals surface area (Å²) in [5.41, 5.74) is 0.706. The number of aliphatic hydroxyl groups excluding tert-OH is 1. The summed E-state index contributed by atoms with van der Waals surface area (Å²) < 4.78 is 11.3. The number of carbonyl (C=O) groups excluding carboxylic acids is 3. The van der Waals surface area contributed by atoms with E-state index in [4.69, 9.17) is 14.5 Å². The van der Waals surface area contributed by atoms with Crippen molar-refractivity contribution in [3.63, 3.8) is 0 Å². The summed E-state index contributed by atoms with van der Waals surface area (Å²) in [6, 6.07) is 5.21. The van der Waals surface area contributed by atoms with Gasteiger partial charge in [-0.25, -0.2) is 9.78 Å². The SMILES string of the molecule is CC[C@@H]1C(=O)N(C)c2cnc(Nc3ccc(C(=O)NC4(CCO)CC5(CCN(C(=O)OC(C)(C)C)CC5)C4)cc3OC)nc2N1C1CCCC1. The number of aromatic nitrogens is 2. The molecule has 3 N–H and O–H groups in total. The van der Waals surface area contributed by atoms with Gasteiger partial charge in [0, 0.05) is 43.9 Å². The van der Waals surface area contributed by atoms with Gasteiger partial charge in [0.25, 0.3) is 5.91 Å².